The van der Waals surface area contributed by atoms with Gasteiger partial charge < -0.3 is 0 Å². The van der Waals surface area contributed by atoms with Crippen molar-refractivity contribution in [3.05, 3.63) is 69.2 Å². The van der Waals surface area contributed by atoms with Gasteiger partial charge in [0.25, 0.3) is 0 Å². The summed E-state index contributed by atoms with van der Waals surface area (Å²) in [7, 11) is 0. The molecule has 1 aliphatic rings. The topological polar surface area (TPSA) is 34.1 Å². The Kier molecular flexibility index (Phi) is 7.26. The van der Waals surface area contributed by atoms with Crippen LogP contribution in [0.1, 0.15) is 66.8 Å². The van der Waals surface area contributed by atoms with Crippen molar-refractivity contribution >= 4 is 39.1 Å². The molecule has 2 nitrogen and oxygen atoms in total. The lowest BCUT2D eigenvalue weighted by Gasteiger charge is -2.28. The van der Waals surface area contributed by atoms with E-state index in [9.17, 15) is 9.59 Å². The normalized spacial score (nSPS) is 19.2. The molecule has 4 heteroatoms. The molecule has 2 aromatic carbocycles. The molecule has 0 aliphatic heterocycles. The minimum Gasteiger partial charge on any atom is -0.299 e. The van der Waals surface area contributed by atoms with Crippen molar-refractivity contribution in [1.82, 2.24) is 0 Å². The van der Waals surface area contributed by atoms with Crippen molar-refractivity contribution in [3.63, 3.8) is 0 Å². The van der Waals surface area contributed by atoms with Crippen LogP contribution >= 0.6 is 27.5 Å². The fourth-order valence-corrected chi connectivity index (χ4v) is 4.69. The third kappa shape index (κ3) is 5.30. The van der Waals surface area contributed by atoms with Gasteiger partial charge in [-0.3, -0.25) is 9.59 Å². The monoisotopic (exact) mass is 446 g/mol. The summed E-state index contributed by atoms with van der Waals surface area (Å²) in [5.74, 6) is 0.163. The highest BCUT2D eigenvalue weighted by Crippen LogP contribution is 2.39. The van der Waals surface area contributed by atoms with E-state index < -0.39 is 0 Å². The van der Waals surface area contributed by atoms with Gasteiger partial charge in [-0.25, -0.2) is 0 Å². The molecule has 0 bridgehead atoms. The van der Waals surface area contributed by atoms with Crippen LogP contribution in [0.3, 0.4) is 0 Å². The minimum atomic E-state index is -0.102. The van der Waals surface area contributed by atoms with E-state index in [4.69, 9.17) is 11.6 Å². The van der Waals surface area contributed by atoms with Crippen molar-refractivity contribution in [2.24, 2.45) is 5.92 Å². The van der Waals surface area contributed by atoms with Crippen LogP contribution in [0, 0.1) is 5.92 Å². The van der Waals surface area contributed by atoms with Crippen LogP contribution < -0.4 is 0 Å². The van der Waals surface area contributed by atoms with E-state index in [-0.39, 0.29) is 17.6 Å². The number of halogens is 2. The maximum Gasteiger partial charge on any atom is 0.163 e. The number of carbonyl (C=O) groups excluding carboxylic acids is 2. The van der Waals surface area contributed by atoms with Crippen molar-refractivity contribution in [2.45, 2.75) is 50.9 Å². The molecule has 0 spiro atoms. The Bertz CT molecular complexity index is 800. The predicted octanol–water partition coefficient (Wildman–Crippen LogP) is 7.00. The van der Waals surface area contributed by atoms with Crippen LogP contribution in [0.2, 0.25) is 5.02 Å². The highest BCUT2D eigenvalue weighted by atomic mass is 79.9. The Balaban J connectivity index is 1.91. The fourth-order valence-electron chi connectivity index (χ4n) is 3.99. The summed E-state index contributed by atoms with van der Waals surface area (Å²) in [6.07, 6.45) is 6.12. The van der Waals surface area contributed by atoms with E-state index >= 15 is 0 Å². The highest BCUT2D eigenvalue weighted by molar-refractivity contribution is 9.10. The van der Waals surface area contributed by atoms with Gasteiger partial charge in [0.15, 0.2) is 5.78 Å². The first-order valence-corrected chi connectivity index (χ1v) is 10.8. The molecule has 2 atom stereocenters. The minimum absolute atomic E-state index is 0.0577. The Morgan fingerprint density at radius 1 is 1.04 bits per heavy atom. The average Bonchev–Trinajstić information content (AvgIpc) is 2.65. The number of hydrogen-bond donors (Lipinski definition) is 0. The van der Waals surface area contributed by atoms with Gasteiger partial charge in [0.1, 0.15) is 5.78 Å². The molecule has 0 aromatic heterocycles. The van der Waals surface area contributed by atoms with Gasteiger partial charge in [-0.1, -0.05) is 65.0 Å². The summed E-state index contributed by atoms with van der Waals surface area (Å²) < 4.78 is 0.966. The van der Waals surface area contributed by atoms with Gasteiger partial charge in [-0.2, -0.15) is 0 Å². The zero-order valence-corrected chi connectivity index (χ0v) is 17.6. The molecule has 27 heavy (non-hydrogen) atoms. The van der Waals surface area contributed by atoms with Crippen LogP contribution in [0.4, 0.5) is 0 Å². The van der Waals surface area contributed by atoms with Gasteiger partial charge in [0, 0.05) is 39.7 Å². The number of carbonyl (C=O) groups is 2. The van der Waals surface area contributed by atoms with E-state index in [2.05, 4.69) is 15.9 Å². The van der Waals surface area contributed by atoms with Crippen molar-refractivity contribution in [3.8, 4) is 0 Å². The summed E-state index contributed by atoms with van der Waals surface area (Å²) in [6, 6.07) is 15.0. The zero-order valence-electron chi connectivity index (χ0n) is 15.3. The number of rotatable bonds is 5. The molecule has 1 aliphatic carbocycles. The molecule has 0 unspecified atom stereocenters. The second kappa shape index (κ2) is 9.66. The first-order valence-electron chi connectivity index (χ1n) is 9.62. The molecule has 3 rings (SSSR count). The van der Waals surface area contributed by atoms with E-state index in [0.29, 0.717) is 29.2 Å². The molecule has 2 aromatic rings. The second-order valence-electron chi connectivity index (χ2n) is 7.29. The van der Waals surface area contributed by atoms with Gasteiger partial charge in [-0.05, 0) is 48.7 Å². The Morgan fingerprint density at radius 2 is 1.74 bits per heavy atom. The molecule has 1 saturated carbocycles. The van der Waals surface area contributed by atoms with E-state index in [1.165, 1.54) is 0 Å². The SMILES string of the molecule is O=C(C[C@H](c1ccccc1Br)[C@H]1CCCCCCC1=O)c1ccc(Cl)cc1. The van der Waals surface area contributed by atoms with Gasteiger partial charge in [0.2, 0.25) is 0 Å². The maximum atomic E-state index is 13.0. The Hall–Kier alpha value is -1.45. The largest absolute Gasteiger partial charge is 0.299 e. The first kappa shape index (κ1) is 20.3. The Morgan fingerprint density at radius 3 is 2.48 bits per heavy atom. The van der Waals surface area contributed by atoms with Gasteiger partial charge in [-0.15, -0.1) is 0 Å². The quantitative estimate of drug-likeness (QED) is 0.462. The van der Waals surface area contributed by atoms with Crippen molar-refractivity contribution in [1.29, 1.82) is 0 Å². The number of ketones is 2. The van der Waals surface area contributed by atoms with E-state index in [0.717, 1.165) is 42.1 Å². The third-order valence-corrected chi connectivity index (χ3v) is 6.44. The van der Waals surface area contributed by atoms with Gasteiger partial charge in [0.05, 0.1) is 0 Å². The lowest BCUT2D eigenvalue weighted by Crippen LogP contribution is -2.26. The molecule has 142 valence electrons. The smallest absolute Gasteiger partial charge is 0.163 e. The summed E-state index contributed by atoms with van der Waals surface area (Å²) in [5, 5.41) is 0.615. The highest BCUT2D eigenvalue weighted by Gasteiger charge is 2.32. The van der Waals surface area contributed by atoms with Crippen LogP contribution in [0.25, 0.3) is 0 Å². The lowest BCUT2D eigenvalue weighted by atomic mass is 9.75. The molecule has 0 heterocycles. The zero-order chi connectivity index (χ0) is 19.2. The van der Waals surface area contributed by atoms with Gasteiger partial charge >= 0.3 is 0 Å². The molecule has 1 fully saturated rings. The predicted molar refractivity (Wildman–Crippen MR) is 113 cm³/mol. The summed E-state index contributed by atoms with van der Waals surface area (Å²) in [4.78, 5) is 25.9. The molecule has 0 saturated heterocycles. The Labute approximate surface area is 174 Å². The maximum absolute atomic E-state index is 13.0. The van der Waals surface area contributed by atoms with Crippen molar-refractivity contribution in [2.75, 3.05) is 0 Å². The lowest BCUT2D eigenvalue weighted by molar-refractivity contribution is -0.124. The van der Waals surface area contributed by atoms with Crippen LogP contribution in [-0.4, -0.2) is 11.6 Å². The number of Topliss-reactive ketones (excluding diaryl/α,β-unsaturated/α-hetero) is 2. The standard InChI is InChI=1S/C23H24BrClO2/c24-21-9-6-5-7-18(21)20(19-8-3-1-2-4-10-22(19)26)15-23(27)16-11-13-17(25)14-12-16/h5-7,9,11-14,19-20H,1-4,8,10,15H2/t19-,20-/m1/s1. The fraction of sp³-hybridized carbons (Fsp3) is 0.391. The first-order chi connectivity index (χ1) is 13.1. The number of hydrogen-bond acceptors (Lipinski definition) is 2. The molecule has 0 amide bonds. The summed E-state index contributed by atoms with van der Waals surface area (Å²) in [5.41, 5.74) is 1.70. The third-order valence-electron chi connectivity index (χ3n) is 5.46. The summed E-state index contributed by atoms with van der Waals surface area (Å²) >= 11 is 9.59. The van der Waals surface area contributed by atoms with Crippen LogP contribution in [0.15, 0.2) is 53.0 Å². The van der Waals surface area contributed by atoms with E-state index in [1.54, 1.807) is 24.3 Å². The number of benzene rings is 2. The average molecular weight is 448 g/mol. The van der Waals surface area contributed by atoms with Crippen LogP contribution in [-0.2, 0) is 4.79 Å². The summed E-state index contributed by atoms with van der Waals surface area (Å²) in [6.45, 7) is 0. The molecular weight excluding hydrogens is 424 g/mol. The molecule has 0 N–H and O–H groups in total. The molecule has 0 radical (unpaired) electrons. The van der Waals surface area contributed by atoms with E-state index in [1.807, 2.05) is 24.3 Å². The van der Waals surface area contributed by atoms with Crippen LogP contribution in [0.5, 0.6) is 0 Å². The second-order valence-corrected chi connectivity index (χ2v) is 8.58. The molecular formula is C23H24BrClO2. The van der Waals surface area contributed by atoms with Crippen molar-refractivity contribution < 1.29 is 9.59 Å².